The van der Waals surface area contributed by atoms with Crippen molar-refractivity contribution in [2.75, 3.05) is 26.1 Å². The zero-order valence-corrected chi connectivity index (χ0v) is 15.2. The number of halogens is 1. The van der Waals surface area contributed by atoms with Gasteiger partial charge in [0.15, 0.2) is 0 Å². The highest BCUT2D eigenvalue weighted by Gasteiger charge is 2.38. The maximum absolute atomic E-state index is 13.3. The van der Waals surface area contributed by atoms with Gasteiger partial charge in [0, 0.05) is 30.4 Å². The van der Waals surface area contributed by atoms with Crippen LogP contribution in [0, 0.1) is 5.82 Å². The molecular formula is C20H19FN2O4. The van der Waals surface area contributed by atoms with Gasteiger partial charge in [-0.3, -0.25) is 14.5 Å². The Labute approximate surface area is 156 Å². The van der Waals surface area contributed by atoms with Crippen LogP contribution in [0.5, 0.6) is 11.5 Å². The summed E-state index contributed by atoms with van der Waals surface area (Å²) in [5.74, 6) is -0.222. The van der Waals surface area contributed by atoms with E-state index in [2.05, 4.69) is 5.32 Å². The van der Waals surface area contributed by atoms with Gasteiger partial charge in [0.2, 0.25) is 0 Å². The second-order valence-corrected chi connectivity index (χ2v) is 5.84. The largest absolute Gasteiger partial charge is 0.497 e. The summed E-state index contributed by atoms with van der Waals surface area (Å²) in [7, 11) is 3.04. The Kier molecular flexibility index (Phi) is 5.12. The van der Waals surface area contributed by atoms with E-state index in [1.807, 2.05) is 0 Å². The molecule has 0 fully saturated rings. The molecule has 1 N–H and O–H groups in total. The number of imide groups is 1. The molecule has 1 heterocycles. The lowest BCUT2D eigenvalue weighted by Crippen LogP contribution is -2.32. The number of anilines is 1. The molecule has 3 rings (SSSR count). The maximum atomic E-state index is 13.3. The van der Waals surface area contributed by atoms with Crippen molar-refractivity contribution in [3.05, 3.63) is 59.5 Å². The highest BCUT2D eigenvalue weighted by atomic mass is 19.1. The van der Waals surface area contributed by atoms with E-state index in [0.29, 0.717) is 22.7 Å². The molecular weight excluding hydrogens is 351 g/mol. The van der Waals surface area contributed by atoms with Gasteiger partial charge in [-0.2, -0.15) is 0 Å². The summed E-state index contributed by atoms with van der Waals surface area (Å²) >= 11 is 0. The number of rotatable bonds is 6. The summed E-state index contributed by atoms with van der Waals surface area (Å²) in [6, 6.07) is 10.5. The van der Waals surface area contributed by atoms with Crippen molar-refractivity contribution < 1.29 is 23.5 Å². The molecule has 6 nitrogen and oxygen atoms in total. The lowest BCUT2D eigenvalue weighted by atomic mass is 10.0. The molecule has 2 aromatic rings. The molecule has 2 amide bonds. The second-order valence-electron chi connectivity index (χ2n) is 5.84. The van der Waals surface area contributed by atoms with E-state index in [-0.39, 0.29) is 17.8 Å². The summed E-state index contributed by atoms with van der Waals surface area (Å²) in [6.07, 6.45) is 0. The van der Waals surface area contributed by atoms with Gasteiger partial charge in [-0.25, -0.2) is 4.39 Å². The number of nitrogens with one attached hydrogen (secondary N) is 1. The van der Waals surface area contributed by atoms with Gasteiger partial charge >= 0.3 is 0 Å². The normalized spacial score (nSPS) is 14.0. The summed E-state index contributed by atoms with van der Waals surface area (Å²) in [4.78, 5) is 26.6. The van der Waals surface area contributed by atoms with Crippen LogP contribution in [-0.2, 0) is 9.59 Å². The van der Waals surface area contributed by atoms with Crippen molar-refractivity contribution in [3.63, 3.8) is 0 Å². The van der Waals surface area contributed by atoms with Gasteiger partial charge in [-0.05, 0) is 24.6 Å². The summed E-state index contributed by atoms with van der Waals surface area (Å²) in [5.41, 5.74) is 1.32. The number of hydrogen-bond donors (Lipinski definition) is 1. The molecule has 7 heteroatoms. The van der Waals surface area contributed by atoms with E-state index < -0.39 is 17.6 Å². The van der Waals surface area contributed by atoms with Crippen LogP contribution >= 0.6 is 0 Å². The summed E-state index contributed by atoms with van der Waals surface area (Å²) < 4.78 is 23.8. The third-order valence-electron chi connectivity index (χ3n) is 4.24. The van der Waals surface area contributed by atoms with E-state index in [1.165, 1.54) is 38.5 Å². The van der Waals surface area contributed by atoms with E-state index >= 15 is 0 Å². The Hall–Kier alpha value is -3.35. The van der Waals surface area contributed by atoms with Crippen LogP contribution in [-0.4, -0.2) is 37.5 Å². The molecule has 0 saturated carbocycles. The minimum Gasteiger partial charge on any atom is -0.497 e. The van der Waals surface area contributed by atoms with Gasteiger partial charge < -0.3 is 14.8 Å². The fourth-order valence-electron chi connectivity index (χ4n) is 2.89. The van der Waals surface area contributed by atoms with Gasteiger partial charge in [0.05, 0.1) is 19.8 Å². The van der Waals surface area contributed by atoms with Crippen molar-refractivity contribution in [2.45, 2.75) is 6.92 Å². The van der Waals surface area contributed by atoms with Gasteiger partial charge in [-0.15, -0.1) is 0 Å². The summed E-state index contributed by atoms with van der Waals surface area (Å²) in [5, 5.41) is 3.01. The van der Waals surface area contributed by atoms with Crippen molar-refractivity contribution in [3.8, 4) is 11.5 Å². The van der Waals surface area contributed by atoms with E-state index in [0.717, 1.165) is 4.90 Å². The lowest BCUT2D eigenvalue weighted by Gasteiger charge is -2.13. The molecule has 0 spiro atoms. The average molecular weight is 370 g/mol. The average Bonchev–Trinajstić information content (AvgIpc) is 2.91. The number of likely N-dealkylation sites (N-methyl/N-ethyl adjacent to an activating group) is 1. The fourth-order valence-corrected chi connectivity index (χ4v) is 2.89. The summed E-state index contributed by atoms with van der Waals surface area (Å²) in [6.45, 7) is 1.95. The minimum absolute atomic E-state index is 0.128. The Morgan fingerprint density at radius 2 is 1.56 bits per heavy atom. The highest BCUT2D eigenvalue weighted by Crippen LogP contribution is 2.33. The molecule has 140 valence electrons. The van der Waals surface area contributed by atoms with E-state index in [4.69, 9.17) is 9.47 Å². The molecule has 1 aliphatic rings. The van der Waals surface area contributed by atoms with Crippen LogP contribution in [0.2, 0.25) is 0 Å². The number of methoxy groups -OCH3 is 2. The number of nitrogens with zero attached hydrogens (tertiary/aromatic N) is 1. The van der Waals surface area contributed by atoms with Gasteiger partial charge in [-0.1, -0.05) is 12.1 Å². The van der Waals surface area contributed by atoms with Crippen LogP contribution in [0.1, 0.15) is 12.5 Å². The van der Waals surface area contributed by atoms with Gasteiger partial charge in [0.1, 0.15) is 23.0 Å². The van der Waals surface area contributed by atoms with Crippen molar-refractivity contribution >= 4 is 23.1 Å². The molecule has 0 unspecified atom stereocenters. The third kappa shape index (κ3) is 3.48. The SMILES string of the molecule is CCN1C(=O)C(Nc2cc(OC)cc(OC)c2)=C(c2ccc(F)cc2)C1=O. The van der Waals surface area contributed by atoms with Crippen LogP contribution in [0.25, 0.3) is 5.57 Å². The molecule has 0 aliphatic carbocycles. The third-order valence-corrected chi connectivity index (χ3v) is 4.24. The standard InChI is InChI=1S/C20H19FN2O4/c1-4-23-19(24)17(12-5-7-13(21)8-6-12)18(20(23)25)22-14-9-15(26-2)11-16(10-14)27-3/h5-11,22H,4H2,1-3H3. The van der Waals surface area contributed by atoms with Crippen LogP contribution in [0.3, 0.4) is 0 Å². The lowest BCUT2D eigenvalue weighted by molar-refractivity contribution is -0.136. The second kappa shape index (κ2) is 7.49. The van der Waals surface area contributed by atoms with Crippen LogP contribution in [0.15, 0.2) is 48.2 Å². The quantitative estimate of drug-likeness (QED) is 0.792. The van der Waals surface area contributed by atoms with E-state index in [1.54, 1.807) is 25.1 Å². The number of benzene rings is 2. The molecule has 0 atom stereocenters. The smallest absolute Gasteiger partial charge is 0.278 e. The van der Waals surface area contributed by atoms with Crippen LogP contribution < -0.4 is 14.8 Å². The van der Waals surface area contributed by atoms with E-state index in [9.17, 15) is 14.0 Å². The first-order valence-corrected chi connectivity index (χ1v) is 8.35. The maximum Gasteiger partial charge on any atom is 0.278 e. The van der Waals surface area contributed by atoms with Crippen LogP contribution in [0.4, 0.5) is 10.1 Å². The monoisotopic (exact) mass is 370 g/mol. The molecule has 0 bridgehead atoms. The van der Waals surface area contributed by atoms with Crippen molar-refractivity contribution in [1.82, 2.24) is 4.90 Å². The highest BCUT2D eigenvalue weighted by molar-refractivity contribution is 6.36. The fraction of sp³-hybridized carbons (Fsp3) is 0.200. The van der Waals surface area contributed by atoms with Crippen molar-refractivity contribution in [2.24, 2.45) is 0 Å². The topological polar surface area (TPSA) is 67.9 Å². The number of ether oxygens (including phenoxy) is 2. The first-order valence-electron chi connectivity index (χ1n) is 8.35. The predicted octanol–water partition coefficient (Wildman–Crippen LogP) is 3.05. The molecule has 0 aromatic heterocycles. The molecule has 0 saturated heterocycles. The molecule has 27 heavy (non-hydrogen) atoms. The molecule has 2 aromatic carbocycles. The molecule has 0 radical (unpaired) electrons. The first kappa shape index (κ1) is 18.4. The molecule has 1 aliphatic heterocycles. The zero-order chi connectivity index (χ0) is 19.6. The number of carbonyl (C=O) groups excluding carboxylic acids is 2. The Bertz CT molecular complexity index is 900. The van der Waals surface area contributed by atoms with Crippen molar-refractivity contribution in [1.29, 1.82) is 0 Å². The first-order chi connectivity index (χ1) is 13.0. The van der Waals surface area contributed by atoms with Gasteiger partial charge in [0.25, 0.3) is 11.8 Å². The number of amides is 2. The zero-order valence-electron chi connectivity index (χ0n) is 15.2. The Morgan fingerprint density at radius 1 is 0.963 bits per heavy atom. The minimum atomic E-state index is -0.441. The Balaban J connectivity index is 2.09. The number of carbonyl (C=O) groups is 2. The number of hydrogen-bond acceptors (Lipinski definition) is 5. The predicted molar refractivity (Wildman–Crippen MR) is 98.9 cm³/mol. The Morgan fingerprint density at radius 3 is 2.07 bits per heavy atom.